The van der Waals surface area contributed by atoms with Crippen LogP contribution in [0.3, 0.4) is 0 Å². The predicted octanol–water partition coefficient (Wildman–Crippen LogP) is 5.83. The monoisotopic (exact) mass is 536 g/mol. The van der Waals surface area contributed by atoms with Gasteiger partial charge in [-0.3, -0.25) is 0 Å². The Balaban J connectivity index is 1.96. The van der Waals surface area contributed by atoms with Gasteiger partial charge in [0.25, 0.3) is 0 Å². The number of methoxy groups -OCH3 is 3. The van der Waals surface area contributed by atoms with Crippen molar-refractivity contribution in [1.82, 2.24) is 0 Å². The fourth-order valence-electron chi connectivity index (χ4n) is 4.49. The van der Waals surface area contributed by atoms with E-state index < -0.39 is 7.26 Å². The SMILES string of the molecule is COc1ccc([PH](Cc2ccc(CBr)cc2)(c2ccc(OC)cc2)c2ccc(OC)cc2)cc1. The summed E-state index contributed by atoms with van der Waals surface area (Å²) in [7, 11) is 2.64. The van der Waals surface area contributed by atoms with Gasteiger partial charge in [-0.2, -0.15) is 0 Å². The molecule has 4 rings (SSSR count). The summed E-state index contributed by atoms with van der Waals surface area (Å²) in [5, 5.41) is 4.83. The van der Waals surface area contributed by atoms with Gasteiger partial charge in [-0.25, -0.2) is 0 Å². The van der Waals surface area contributed by atoms with Crippen molar-refractivity contribution >= 4 is 39.1 Å². The zero-order valence-electron chi connectivity index (χ0n) is 19.8. The van der Waals surface area contributed by atoms with Crippen molar-refractivity contribution in [2.24, 2.45) is 0 Å². The van der Waals surface area contributed by atoms with Gasteiger partial charge >= 0.3 is 212 Å². The molecule has 0 heterocycles. The maximum absolute atomic E-state index is 5.48. The van der Waals surface area contributed by atoms with E-state index in [4.69, 9.17) is 14.2 Å². The summed E-state index contributed by atoms with van der Waals surface area (Å²) in [5.74, 6) is 2.58. The van der Waals surface area contributed by atoms with Gasteiger partial charge in [-0.05, 0) is 0 Å². The number of benzene rings is 4. The van der Waals surface area contributed by atoms with Gasteiger partial charge < -0.3 is 0 Å². The van der Waals surface area contributed by atoms with E-state index in [1.54, 1.807) is 21.3 Å². The fourth-order valence-corrected chi connectivity index (χ4v) is 9.53. The van der Waals surface area contributed by atoms with Gasteiger partial charge in [0.1, 0.15) is 0 Å². The number of halogens is 1. The molecule has 34 heavy (non-hydrogen) atoms. The molecule has 176 valence electrons. The summed E-state index contributed by atoms with van der Waals surface area (Å²) in [4.78, 5) is 0. The normalized spacial score (nSPS) is 11.6. The summed E-state index contributed by atoms with van der Waals surface area (Å²) in [5.41, 5.74) is 2.59. The van der Waals surface area contributed by atoms with Crippen LogP contribution in [-0.2, 0) is 11.5 Å². The van der Waals surface area contributed by atoms with E-state index in [2.05, 4.69) is 113 Å². The maximum atomic E-state index is 5.48. The van der Waals surface area contributed by atoms with Crippen molar-refractivity contribution in [1.29, 1.82) is 0 Å². The third-order valence-electron chi connectivity index (χ3n) is 6.40. The first-order valence-corrected chi connectivity index (χ1v) is 14.5. The number of rotatable bonds is 9. The van der Waals surface area contributed by atoms with Crippen LogP contribution < -0.4 is 30.1 Å². The minimum absolute atomic E-state index is 0.852. The molecule has 5 heteroatoms. The molecule has 0 radical (unpaired) electrons. The molecule has 0 aliphatic rings. The van der Waals surface area contributed by atoms with Crippen LogP contribution in [0.2, 0.25) is 0 Å². The first-order valence-electron chi connectivity index (χ1n) is 11.2. The Hall–Kier alpha value is -2.81. The summed E-state index contributed by atoms with van der Waals surface area (Å²) < 4.78 is 16.4. The first-order chi connectivity index (χ1) is 16.6. The van der Waals surface area contributed by atoms with Crippen LogP contribution in [0.5, 0.6) is 17.2 Å². The fraction of sp³-hybridized carbons (Fsp3) is 0.172. The molecule has 0 N–H and O–H groups in total. The third kappa shape index (κ3) is 4.99. The van der Waals surface area contributed by atoms with E-state index >= 15 is 0 Å². The molecule has 0 fully saturated rings. The van der Waals surface area contributed by atoms with Crippen LogP contribution >= 0.6 is 23.2 Å². The zero-order chi connectivity index (χ0) is 24.0. The van der Waals surface area contributed by atoms with Gasteiger partial charge in [0, 0.05) is 0 Å². The average Bonchev–Trinajstić information content (AvgIpc) is 2.92. The number of hydrogen-bond acceptors (Lipinski definition) is 3. The Kier molecular flexibility index (Phi) is 7.92. The summed E-state index contributed by atoms with van der Waals surface area (Å²) >= 11 is 3.57. The topological polar surface area (TPSA) is 27.7 Å². The van der Waals surface area contributed by atoms with Gasteiger partial charge in [0.05, 0.1) is 0 Å². The molecule has 0 bridgehead atoms. The molecule has 0 atom stereocenters. The summed E-state index contributed by atoms with van der Waals surface area (Å²) in [6.45, 7) is 0. The van der Waals surface area contributed by atoms with Crippen LogP contribution in [0.25, 0.3) is 0 Å². The van der Waals surface area contributed by atoms with Crippen molar-refractivity contribution in [2.45, 2.75) is 11.5 Å². The molecule has 0 aliphatic carbocycles. The van der Waals surface area contributed by atoms with E-state index in [1.807, 2.05) is 0 Å². The van der Waals surface area contributed by atoms with Crippen LogP contribution in [-0.4, -0.2) is 21.3 Å². The van der Waals surface area contributed by atoms with E-state index in [0.717, 1.165) is 28.7 Å². The molecule has 0 aromatic heterocycles. The molecule has 4 aromatic carbocycles. The van der Waals surface area contributed by atoms with E-state index in [1.165, 1.54) is 27.0 Å². The average molecular weight is 537 g/mol. The van der Waals surface area contributed by atoms with E-state index in [9.17, 15) is 0 Å². The van der Waals surface area contributed by atoms with Crippen molar-refractivity contribution < 1.29 is 14.2 Å². The standard InChI is InChI=1S/C29H30BrO3P/c1-31-24-8-14-27(15-9-24)34(28-16-10-25(32-2)11-17-28,29-18-12-26(33-3)13-19-29)21-23-6-4-22(20-30)5-7-23/h4-19,34H,20-21H2,1-3H3. The Morgan fingerprint density at radius 2 is 0.824 bits per heavy atom. The molecule has 0 aliphatic heterocycles. The summed E-state index contributed by atoms with van der Waals surface area (Å²) in [6.07, 6.45) is 0.931. The van der Waals surface area contributed by atoms with Crippen LogP contribution in [0, 0.1) is 0 Å². The molecule has 0 spiro atoms. The van der Waals surface area contributed by atoms with Crippen LogP contribution in [0.15, 0.2) is 97.1 Å². The van der Waals surface area contributed by atoms with Crippen molar-refractivity contribution in [3.63, 3.8) is 0 Å². The van der Waals surface area contributed by atoms with Crippen LogP contribution in [0.4, 0.5) is 0 Å². The van der Waals surface area contributed by atoms with Crippen molar-refractivity contribution in [2.75, 3.05) is 21.3 Å². The van der Waals surface area contributed by atoms with Gasteiger partial charge in [-0.15, -0.1) is 0 Å². The van der Waals surface area contributed by atoms with Gasteiger partial charge in [-0.1, -0.05) is 0 Å². The van der Waals surface area contributed by atoms with Crippen molar-refractivity contribution in [3.05, 3.63) is 108 Å². The van der Waals surface area contributed by atoms with Crippen molar-refractivity contribution in [3.8, 4) is 17.2 Å². The molecule has 4 aromatic rings. The molecule has 0 amide bonds. The third-order valence-corrected chi connectivity index (χ3v) is 11.9. The van der Waals surface area contributed by atoms with E-state index in [-0.39, 0.29) is 0 Å². The second kappa shape index (κ2) is 11.1. The predicted molar refractivity (Wildman–Crippen MR) is 149 cm³/mol. The number of hydrogen-bond donors (Lipinski definition) is 0. The molecule has 0 saturated carbocycles. The Morgan fingerprint density at radius 1 is 0.500 bits per heavy atom. The van der Waals surface area contributed by atoms with Gasteiger partial charge in [0.15, 0.2) is 0 Å². The number of alkyl halides is 1. The molecular weight excluding hydrogens is 507 g/mol. The Labute approximate surface area is 211 Å². The second-order valence-corrected chi connectivity index (χ2v) is 12.7. The number of ether oxygens (including phenoxy) is 3. The first kappa shape index (κ1) is 24.3. The van der Waals surface area contributed by atoms with E-state index in [0.29, 0.717) is 0 Å². The minimum atomic E-state index is -2.48. The Bertz CT molecular complexity index is 1070. The quantitative estimate of drug-likeness (QED) is 0.199. The Morgan fingerprint density at radius 3 is 1.12 bits per heavy atom. The zero-order valence-corrected chi connectivity index (χ0v) is 22.3. The molecule has 0 saturated heterocycles. The molecule has 0 unspecified atom stereocenters. The van der Waals surface area contributed by atoms with Crippen LogP contribution in [0.1, 0.15) is 11.1 Å². The second-order valence-electron chi connectivity index (χ2n) is 8.22. The summed E-state index contributed by atoms with van der Waals surface area (Å²) in [6, 6.07) is 34.7. The molecule has 3 nitrogen and oxygen atoms in total. The molecular formula is C29H30BrO3P. The van der Waals surface area contributed by atoms with Gasteiger partial charge in [0.2, 0.25) is 0 Å².